The lowest BCUT2D eigenvalue weighted by molar-refractivity contribution is -0.129. The van der Waals surface area contributed by atoms with Crippen molar-refractivity contribution in [3.63, 3.8) is 0 Å². The maximum absolute atomic E-state index is 12.4. The first kappa shape index (κ1) is 17.9. The largest absolute Gasteiger partial charge is 0.342 e. The van der Waals surface area contributed by atoms with Crippen LogP contribution in [-0.4, -0.2) is 41.7 Å². The van der Waals surface area contributed by atoms with Crippen LogP contribution in [0.3, 0.4) is 0 Å². The van der Waals surface area contributed by atoms with E-state index in [0.29, 0.717) is 23.9 Å². The van der Waals surface area contributed by atoms with E-state index in [1.807, 2.05) is 36.2 Å². The van der Waals surface area contributed by atoms with E-state index >= 15 is 0 Å². The summed E-state index contributed by atoms with van der Waals surface area (Å²) in [5.74, 6) is 0.721. The van der Waals surface area contributed by atoms with Gasteiger partial charge in [0.25, 0.3) is 0 Å². The highest BCUT2D eigenvalue weighted by Gasteiger charge is 2.36. The molecule has 2 bridgehead atoms. The van der Waals surface area contributed by atoms with Crippen LogP contribution in [0.15, 0.2) is 29.2 Å². The van der Waals surface area contributed by atoms with E-state index < -0.39 is 0 Å². The Kier molecular flexibility index (Phi) is 6.45. The number of halogens is 2. The second-order valence-electron chi connectivity index (χ2n) is 6.01. The summed E-state index contributed by atoms with van der Waals surface area (Å²) in [4.78, 5) is 15.4. The van der Waals surface area contributed by atoms with Crippen LogP contribution in [-0.2, 0) is 4.79 Å². The first-order valence-corrected chi connectivity index (χ1v) is 8.88. The summed E-state index contributed by atoms with van der Waals surface area (Å²) in [5.41, 5.74) is 0. The monoisotopic (exact) mass is 360 g/mol. The number of nitrogens with zero attached hydrogens (tertiary/aromatic N) is 1. The molecule has 2 saturated heterocycles. The highest BCUT2D eigenvalue weighted by Crippen LogP contribution is 2.30. The summed E-state index contributed by atoms with van der Waals surface area (Å²) in [7, 11) is 1.96. The van der Waals surface area contributed by atoms with Crippen LogP contribution in [0.1, 0.15) is 25.7 Å². The third-order valence-electron chi connectivity index (χ3n) is 4.57. The number of fused-ring (bicyclic) bond motifs is 2. The number of thioether (sulfide) groups is 1. The third kappa shape index (κ3) is 4.31. The van der Waals surface area contributed by atoms with Crippen molar-refractivity contribution in [2.75, 3.05) is 12.8 Å². The van der Waals surface area contributed by atoms with Crippen LogP contribution in [0.25, 0.3) is 0 Å². The summed E-state index contributed by atoms with van der Waals surface area (Å²) < 4.78 is 0. The Morgan fingerprint density at radius 2 is 1.86 bits per heavy atom. The minimum Gasteiger partial charge on any atom is -0.342 e. The fourth-order valence-electron chi connectivity index (χ4n) is 3.32. The SMILES string of the molecule is CN(C(=O)CSc1ccc(Cl)cc1)C1CC2CCC(C1)N2.Cl. The Labute approximate surface area is 147 Å². The minimum atomic E-state index is 0. The van der Waals surface area contributed by atoms with Crippen molar-refractivity contribution in [3.05, 3.63) is 29.3 Å². The van der Waals surface area contributed by atoms with E-state index in [1.165, 1.54) is 12.8 Å². The molecule has 0 aromatic heterocycles. The Balaban J connectivity index is 0.00000176. The van der Waals surface area contributed by atoms with Crippen molar-refractivity contribution < 1.29 is 4.79 Å². The maximum Gasteiger partial charge on any atom is 0.232 e. The van der Waals surface area contributed by atoms with Crippen LogP contribution >= 0.6 is 35.8 Å². The van der Waals surface area contributed by atoms with Crippen molar-refractivity contribution in [2.24, 2.45) is 0 Å². The van der Waals surface area contributed by atoms with Crippen molar-refractivity contribution in [2.45, 2.75) is 48.7 Å². The van der Waals surface area contributed by atoms with E-state index in [0.717, 1.165) is 22.8 Å². The summed E-state index contributed by atoms with van der Waals surface area (Å²) in [6, 6.07) is 9.30. The van der Waals surface area contributed by atoms with Gasteiger partial charge in [0.15, 0.2) is 0 Å². The first-order valence-electron chi connectivity index (χ1n) is 7.52. The van der Waals surface area contributed by atoms with Gasteiger partial charge in [-0.25, -0.2) is 0 Å². The van der Waals surface area contributed by atoms with Crippen molar-refractivity contribution >= 4 is 41.7 Å². The van der Waals surface area contributed by atoms with E-state index in [9.17, 15) is 4.79 Å². The molecule has 2 fully saturated rings. The Morgan fingerprint density at radius 1 is 1.27 bits per heavy atom. The van der Waals surface area contributed by atoms with Crippen LogP contribution < -0.4 is 5.32 Å². The molecule has 1 aromatic carbocycles. The van der Waals surface area contributed by atoms with Crippen molar-refractivity contribution in [3.8, 4) is 0 Å². The standard InChI is InChI=1S/C16H21ClN2OS.ClH/c1-19(14-8-12-4-5-13(9-14)18-12)16(20)10-21-15-6-2-11(17)3-7-15;/h2-3,6-7,12-14,18H,4-5,8-10H2,1H3;1H. The number of hydrogen-bond donors (Lipinski definition) is 1. The number of rotatable bonds is 4. The zero-order valence-electron chi connectivity index (χ0n) is 12.6. The summed E-state index contributed by atoms with van der Waals surface area (Å²) >= 11 is 7.45. The van der Waals surface area contributed by atoms with E-state index in [2.05, 4.69) is 5.32 Å². The number of carbonyl (C=O) groups excluding carboxylic acids is 1. The second-order valence-corrected chi connectivity index (χ2v) is 7.50. The average molecular weight is 361 g/mol. The van der Waals surface area contributed by atoms with Gasteiger partial charge in [-0.1, -0.05) is 11.6 Å². The Morgan fingerprint density at radius 3 is 2.45 bits per heavy atom. The fourth-order valence-corrected chi connectivity index (χ4v) is 4.27. The smallest absolute Gasteiger partial charge is 0.232 e. The average Bonchev–Trinajstić information content (AvgIpc) is 2.84. The lowest BCUT2D eigenvalue weighted by Gasteiger charge is -2.35. The van der Waals surface area contributed by atoms with Gasteiger partial charge in [0.05, 0.1) is 5.75 Å². The van der Waals surface area contributed by atoms with E-state index in [-0.39, 0.29) is 18.3 Å². The zero-order valence-corrected chi connectivity index (χ0v) is 15.0. The number of hydrogen-bond acceptors (Lipinski definition) is 3. The lowest BCUT2D eigenvalue weighted by Crippen LogP contribution is -2.49. The van der Waals surface area contributed by atoms with Gasteiger partial charge in [-0.3, -0.25) is 4.79 Å². The van der Waals surface area contributed by atoms with Crippen LogP contribution in [0, 0.1) is 0 Å². The number of amides is 1. The summed E-state index contributed by atoms with van der Waals surface area (Å²) in [5, 5.41) is 4.35. The molecule has 0 spiro atoms. The van der Waals surface area contributed by atoms with E-state index in [4.69, 9.17) is 11.6 Å². The highest BCUT2D eigenvalue weighted by atomic mass is 35.5. The van der Waals surface area contributed by atoms with Gasteiger partial charge in [-0.05, 0) is 49.9 Å². The fraction of sp³-hybridized carbons (Fsp3) is 0.562. The number of carbonyl (C=O) groups is 1. The number of benzene rings is 1. The molecule has 2 heterocycles. The molecule has 2 unspecified atom stereocenters. The molecule has 0 saturated carbocycles. The van der Waals surface area contributed by atoms with Gasteiger partial charge in [-0.15, -0.1) is 24.2 Å². The Hall–Kier alpha value is -0.420. The number of piperidine rings is 1. The molecule has 2 aliphatic heterocycles. The molecule has 22 heavy (non-hydrogen) atoms. The molecule has 0 radical (unpaired) electrons. The molecule has 2 atom stereocenters. The molecule has 1 N–H and O–H groups in total. The van der Waals surface area contributed by atoms with Gasteiger partial charge in [-0.2, -0.15) is 0 Å². The molecule has 1 aromatic rings. The molecule has 6 heteroatoms. The predicted octanol–water partition coefficient (Wildman–Crippen LogP) is 3.60. The van der Waals surface area contributed by atoms with Crippen molar-refractivity contribution in [1.29, 1.82) is 0 Å². The third-order valence-corrected chi connectivity index (χ3v) is 5.81. The Bertz CT molecular complexity index is 499. The molecule has 1 amide bonds. The summed E-state index contributed by atoms with van der Waals surface area (Å²) in [6.45, 7) is 0. The van der Waals surface area contributed by atoms with Crippen molar-refractivity contribution in [1.82, 2.24) is 10.2 Å². The minimum absolute atomic E-state index is 0. The van der Waals surface area contributed by atoms with Gasteiger partial charge in [0.1, 0.15) is 0 Å². The highest BCUT2D eigenvalue weighted by molar-refractivity contribution is 8.00. The lowest BCUT2D eigenvalue weighted by atomic mass is 9.98. The maximum atomic E-state index is 12.4. The molecule has 122 valence electrons. The van der Waals surface area contributed by atoms with Crippen LogP contribution in [0.5, 0.6) is 0 Å². The molecular weight excluding hydrogens is 339 g/mol. The van der Waals surface area contributed by atoms with Crippen LogP contribution in [0.2, 0.25) is 5.02 Å². The predicted molar refractivity (Wildman–Crippen MR) is 95.2 cm³/mol. The summed E-state index contributed by atoms with van der Waals surface area (Å²) in [6.07, 6.45) is 4.74. The molecule has 0 aliphatic carbocycles. The quantitative estimate of drug-likeness (QED) is 0.832. The normalized spacial score (nSPS) is 26.4. The zero-order chi connectivity index (χ0) is 14.8. The topological polar surface area (TPSA) is 32.3 Å². The molecule has 3 nitrogen and oxygen atoms in total. The van der Waals surface area contributed by atoms with E-state index in [1.54, 1.807) is 11.8 Å². The van der Waals surface area contributed by atoms with Gasteiger partial charge < -0.3 is 10.2 Å². The number of nitrogens with one attached hydrogen (secondary N) is 1. The van der Waals surface area contributed by atoms with Gasteiger partial charge >= 0.3 is 0 Å². The first-order chi connectivity index (χ1) is 10.1. The molecule has 2 aliphatic rings. The molecular formula is C16H22Cl2N2OS. The van der Waals surface area contributed by atoms with Crippen LogP contribution in [0.4, 0.5) is 0 Å². The molecule has 3 rings (SSSR count). The second kappa shape index (κ2) is 7.91. The van der Waals surface area contributed by atoms with Gasteiger partial charge in [0.2, 0.25) is 5.91 Å². The van der Waals surface area contributed by atoms with Gasteiger partial charge in [0, 0.05) is 35.1 Å².